The summed E-state index contributed by atoms with van der Waals surface area (Å²) in [5, 5.41) is 15.2. The lowest BCUT2D eigenvalue weighted by Gasteiger charge is -2.19. The molecule has 0 aliphatic rings. The van der Waals surface area contributed by atoms with Gasteiger partial charge in [-0.15, -0.1) is 16.4 Å². The minimum atomic E-state index is -1.09. The summed E-state index contributed by atoms with van der Waals surface area (Å²) in [6.07, 6.45) is 0.922. The number of carboxylic acid groups (broad SMARTS) is 1. The van der Waals surface area contributed by atoms with E-state index in [0.717, 1.165) is 27.9 Å². The molecule has 0 saturated carbocycles. The van der Waals surface area contributed by atoms with Crippen molar-refractivity contribution in [3.8, 4) is 0 Å². The molecule has 0 aromatic carbocycles. The van der Waals surface area contributed by atoms with Crippen LogP contribution >= 0.6 is 11.3 Å². The fourth-order valence-corrected chi connectivity index (χ4v) is 3.35. The molecule has 0 amide bonds. The van der Waals surface area contributed by atoms with E-state index in [9.17, 15) is 9.59 Å². The molecule has 0 saturated heterocycles. The number of nitrogens with zero attached hydrogens (tertiary/aromatic N) is 4. The predicted molar refractivity (Wildman–Crippen MR) is 86.0 cm³/mol. The molecule has 8 heteroatoms. The van der Waals surface area contributed by atoms with Crippen LogP contribution in [0.25, 0.3) is 15.7 Å². The van der Waals surface area contributed by atoms with E-state index >= 15 is 0 Å². The molecule has 0 bridgehead atoms. The Morgan fingerprint density at radius 2 is 2.23 bits per heavy atom. The molecule has 22 heavy (non-hydrogen) atoms. The van der Waals surface area contributed by atoms with Gasteiger partial charge in [0.05, 0.1) is 10.2 Å². The normalized spacial score (nSPS) is 11.4. The summed E-state index contributed by atoms with van der Waals surface area (Å²) in [5.74, 6) is -0.512. The molecule has 0 aliphatic carbocycles. The third-order valence-corrected chi connectivity index (χ3v) is 4.33. The van der Waals surface area contributed by atoms with Crippen LogP contribution in [0.4, 0.5) is 5.95 Å². The fourth-order valence-electron chi connectivity index (χ4n) is 2.55. The van der Waals surface area contributed by atoms with E-state index in [0.29, 0.717) is 11.5 Å². The van der Waals surface area contributed by atoms with Gasteiger partial charge in [-0.3, -0.25) is 14.0 Å². The van der Waals surface area contributed by atoms with Crippen molar-refractivity contribution in [2.75, 3.05) is 18.5 Å². The monoisotopic (exact) mass is 320 g/mol. The predicted octanol–water partition coefficient (Wildman–Crippen LogP) is 1.64. The van der Waals surface area contributed by atoms with Gasteiger partial charge in [-0.25, -0.2) is 4.68 Å². The topological polar surface area (TPSA) is 79.8 Å². The molecule has 3 aromatic rings. The maximum absolute atomic E-state index is 12.5. The summed E-state index contributed by atoms with van der Waals surface area (Å²) in [4.78, 5) is 25.4. The molecule has 0 radical (unpaired) electrons. The van der Waals surface area contributed by atoms with Crippen LogP contribution in [0.2, 0.25) is 0 Å². The van der Waals surface area contributed by atoms with Gasteiger partial charge < -0.3 is 10.0 Å². The molecule has 0 aliphatic heterocycles. The molecule has 3 aromatic heterocycles. The lowest BCUT2D eigenvalue weighted by molar-refractivity contribution is -0.137. The molecule has 3 heterocycles. The molecular formula is C14H16N4O3S. The number of rotatable bonds is 5. The first-order valence-electron chi connectivity index (χ1n) is 6.95. The number of thiophene rings is 1. The first-order chi connectivity index (χ1) is 10.5. The second-order valence-corrected chi connectivity index (χ2v) is 6.06. The van der Waals surface area contributed by atoms with Gasteiger partial charge in [-0.05, 0) is 23.9 Å². The van der Waals surface area contributed by atoms with Crippen molar-refractivity contribution in [3.05, 3.63) is 27.9 Å². The number of aliphatic carboxylic acids is 1. The zero-order valence-electron chi connectivity index (χ0n) is 12.3. The Morgan fingerprint density at radius 1 is 1.45 bits per heavy atom. The van der Waals surface area contributed by atoms with Crippen LogP contribution in [0.1, 0.15) is 13.3 Å². The van der Waals surface area contributed by atoms with E-state index in [4.69, 9.17) is 5.11 Å². The van der Waals surface area contributed by atoms with Crippen LogP contribution in [0.3, 0.4) is 0 Å². The smallest absolute Gasteiger partial charge is 0.325 e. The SMILES string of the molecule is CCCN(C)c1nn(CC(=O)O)c(=O)c2cc3sccc3n12. The molecule has 0 spiro atoms. The summed E-state index contributed by atoms with van der Waals surface area (Å²) in [6.45, 7) is 2.37. The third kappa shape index (κ3) is 2.25. The Kier molecular flexibility index (Phi) is 3.61. The van der Waals surface area contributed by atoms with Crippen LogP contribution in [0, 0.1) is 0 Å². The quantitative estimate of drug-likeness (QED) is 0.773. The van der Waals surface area contributed by atoms with Gasteiger partial charge in [0, 0.05) is 13.6 Å². The first-order valence-corrected chi connectivity index (χ1v) is 7.83. The van der Waals surface area contributed by atoms with Gasteiger partial charge in [0.1, 0.15) is 12.1 Å². The van der Waals surface area contributed by atoms with Gasteiger partial charge in [-0.1, -0.05) is 6.92 Å². The van der Waals surface area contributed by atoms with E-state index in [-0.39, 0.29) is 5.56 Å². The summed E-state index contributed by atoms with van der Waals surface area (Å²) in [7, 11) is 1.89. The first kappa shape index (κ1) is 14.6. The number of anilines is 1. The summed E-state index contributed by atoms with van der Waals surface area (Å²) >= 11 is 1.54. The number of carboxylic acids is 1. The summed E-state index contributed by atoms with van der Waals surface area (Å²) in [5.41, 5.74) is 0.987. The number of aromatic nitrogens is 3. The molecule has 116 valence electrons. The summed E-state index contributed by atoms with van der Waals surface area (Å²) in [6, 6.07) is 3.74. The van der Waals surface area contributed by atoms with Gasteiger partial charge in [0.15, 0.2) is 0 Å². The largest absolute Gasteiger partial charge is 0.480 e. The van der Waals surface area contributed by atoms with Crippen molar-refractivity contribution in [3.63, 3.8) is 0 Å². The highest BCUT2D eigenvalue weighted by atomic mass is 32.1. The average Bonchev–Trinajstić information content (AvgIpc) is 3.02. The minimum absolute atomic E-state index is 0.389. The van der Waals surface area contributed by atoms with Crippen LogP contribution in [-0.2, 0) is 11.3 Å². The van der Waals surface area contributed by atoms with Gasteiger partial charge in [0.2, 0.25) is 5.95 Å². The lowest BCUT2D eigenvalue weighted by atomic mass is 10.4. The van der Waals surface area contributed by atoms with Crippen LogP contribution in [-0.4, -0.2) is 38.8 Å². The molecule has 0 fully saturated rings. The molecule has 1 N–H and O–H groups in total. The molecule has 7 nitrogen and oxygen atoms in total. The lowest BCUT2D eigenvalue weighted by Crippen LogP contribution is -2.32. The molecular weight excluding hydrogens is 304 g/mol. The number of fused-ring (bicyclic) bond motifs is 3. The van der Waals surface area contributed by atoms with Crippen LogP contribution < -0.4 is 10.5 Å². The Morgan fingerprint density at radius 3 is 2.91 bits per heavy atom. The number of hydrogen-bond donors (Lipinski definition) is 1. The van der Waals surface area contributed by atoms with E-state index in [1.54, 1.807) is 17.4 Å². The van der Waals surface area contributed by atoms with Gasteiger partial charge in [-0.2, -0.15) is 0 Å². The zero-order chi connectivity index (χ0) is 15.9. The van der Waals surface area contributed by atoms with E-state index in [1.807, 2.05) is 27.8 Å². The van der Waals surface area contributed by atoms with Crippen molar-refractivity contribution in [2.45, 2.75) is 19.9 Å². The van der Waals surface area contributed by atoms with Crippen LogP contribution in [0.5, 0.6) is 0 Å². The van der Waals surface area contributed by atoms with Gasteiger partial charge >= 0.3 is 5.97 Å². The Balaban J connectivity index is 2.34. The average molecular weight is 320 g/mol. The third-order valence-electron chi connectivity index (χ3n) is 3.47. The van der Waals surface area contributed by atoms with Crippen LogP contribution in [0.15, 0.2) is 22.3 Å². The minimum Gasteiger partial charge on any atom is -0.480 e. The summed E-state index contributed by atoms with van der Waals surface area (Å²) < 4.78 is 3.81. The van der Waals surface area contributed by atoms with Crippen molar-refractivity contribution < 1.29 is 9.90 Å². The number of hydrogen-bond acceptors (Lipinski definition) is 5. The fraction of sp³-hybridized carbons (Fsp3) is 0.357. The maximum atomic E-state index is 12.5. The van der Waals surface area contributed by atoms with Crippen molar-refractivity contribution >= 4 is 39.0 Å². The zero-order valence-corrected chi connectivity index (χ0v) is 13.1. The highest BCUT2D eigenvalue weighted by molar-refractivity contribution is 7.17. The highest BCUT2D eigenvalue weighted by Gasteiger charge is 2.18. The second-order valence-electron chi connectivity index (χ2n) is 5.11. The second kappa shape index (κ2) is 5.45. The van der Waals surface area contributed by atoms with E-state index in [2.05, 4.69) is 12.0 Å². The molecule has 3 rings (SSSR count). The molecule has 0 unspecified atom stereocenters. The highest BCUT2D eigenvalue weighted by Crippen LogP contribution is 2.26. The van der Waals surface area contributed by atoms with Gasteiger partial charge in [0.25, 0.3) is 5.56 Å². The molecule has 0 atom stereocenters. The number of carbonyl (C=O) groups is 1. The van der Waals surface area contributed by atoms with E-state index in [1.165, 1.54) is 0 Å². The van der Waals surface area contributed by atoms with Crippen molar-refractivity contribution in [1.29, 1.82) is 0 Å². The standard InChI is InChI=1S/C14H16N4O3S/c1-3-5-16(2)14-15-17(8-12(19)20)13(21)10-7-11-9(18(10)14)4-6-22-11/h4,6-7H,3,5,8H2,1-2H3,(H,19,20). The maximum Gasteiger partial charge on any atom is 0.325 e. The Bertz CT molecular complexity index is 908. The Hall–Kier alpha value is -2.35. The Labute approximate surface area is 130 Å². The van der Waals surface area contributed by atoms with E-state index < -0.39 is 12.5 Å². The van der Waals surface area contributed by atoms with Crippen molar-refractivity contribution in [2.24, 2.45) is 0 Å². The van der Waals surface area contributed by atoms with Crippen molar-refractivity contribution in [1.82, 2.24) is 14.2 Å².